The Morgan fingerprint density at radius 1 is 1.45 bits per heavy atom. The Morgan fingerprint density at radius 3 is 2.55 bits per heavy atom. The highest BCUT2D eigenvalue weighted by Gasteiger charge is 2.29. The Labute approximate surface area is 124 Å². The average Bonchev–Trinajstić information content (AvgIpc) is 2.41. The molecule has 124 valence electrons. The molecule has 10 heteroatoms. The van der Waals surface area contributed by atoms with Gasteiger partial charge in [-0.25, -0.2) is 4.98 Å². The monoisotopic (exact) mass is 323 g/mol. The van der Waals surface area contributed by atoms with Gasteiger partial charge in [-0.3, -0.25) is 10.1 Å². The van der Waals surface area contributed by atoms with Crippen LogP contribution in [0.1, 0.15) is 12.1 Å². The van der Waals surface area contributed by atoms with Gasteiger partial charge < -0.3 is 15.1 Å². The summed E-state index contributed by atoms with van der Waals surface area (Å²) in [6, 6.07) is 2.36. The topological polar surface area (TPSA) is 99.7 Å². The highest BCUT2D eigenvalue weighted by Crippen LogP contribution is 2.24. The zero-order valence-corrected chi connectivity index (χ0v) is 11.7. The third-order valence-corrected chi connectivity index (χ3v) is 2.87. The van der Waals surface area contributed by atoms with Gasteiger partial charge in [0.05, 0.1) is 24.1 Å². The fraction of sp³-hybridized carbons (Fsp3) is 0.583. The largest absolute Gasteiger partial charge is 0.394 e. The first-order valence-corrected chi connectivity index (χ1v) is 6.36. The van der Waals surface area contributed by atoms with Crippen LogP contribution >= 0.6 is 0 Å². The number of aromatic nitrogens is 1. The van der Waals surface area contributed by atoms with Crippen LogP contribution in [0.15, 0.2) is 12.1 Å². The number of halogens is 3. The molecular formula is C12H16F3N3O4. The van der Waals surface area contributed by atoms with Gasteiger partial charge in [-0.05, 0) is 13.0 Å². The van der Waals surface area contributed by atoms with E-state index in [0.29, 0.717) is 0 Å². The van der Waals surface area contributed by atoms with Gasteiger partial charge in [0.25, 0.3) is 5.69 Å². The molecule has 0 saturated heterocycles. The van der Waals surface area contributed by atoms with Crippen LogP contribution in [0.3, 0.4) is 0 Å². The lowest BCUT2D eigenvalue weighted by Crippen LogP contribution is -2.37. The number of alkyl halides is 3. The summed E-state index contributed by atoms with van der Waals surface area (Å²) in [4.78, 5) is 15.1. The second-order valence-corrected chi connectivity index (χ2v) is 4.68. The van der Waals surface area contributed by atoms with Gasteiger partial charge in [-0.2, -0.15) is 13.2 Å². The van der Waals surface area contributed by atoms with E-state index in [9.17, 15) is 28.4 Å². The molecule has 22 heavy (non-hydrogen) atoms. The predicted molar refractivity (Wildman–Crippen MR) is 71.6 cm³/mol. The van der Waals surface area contributed by atoms with Gasteiger partial charge in [-0.15, -0.1) is 0 Å². The lowest BCUT2D eigenvalue weighted by Gasteiger charge is -2.26. The molecule has 2 N–H and O–H groups in total. The number of rotatable bonds is 7. The standard InChI is InChI=1S/C12H16F3N3O4/c1-8-10(18(21)22)2-3-11(16-8)17(6-9(20)7-19)5-4-12(13,14)15/h2-3,9,19-20H,4-7H2,1H3/t9-/m0/s1. The summed E-state index contributed by atoms with van der Waals surface area (Å²) >= 11 is 0. The Hall–Kier alpha value is -1.94. The average molecular weight is 323 g/mol. The van der Waals surface area contributed by atoms with Crippen LogP contribution in [-0.4, -0.2) is 52.1 Å². The molecule has 1 rings (SSSR count). The van der Waals surface area contributed by atoms with Gasteiger partial charge in [0.15, 0.2) is 0 Å². The molecule has 0 aliphatic rings. The smallest absolute Gasteiger partial charge is 0.390 e. The van der Waals surface area contributed by atoms with Gasteiger partial charge >= 0.3 is 6.18 Å². The summed E-state index contributed by atoms with van der Waals surface area (Å²) in [6.45, 7) is 0.00215. The molecule has 0 aliphatic carbocycles. The molecule has 1 aromatic rings. The van der Waals surface area contributed by atoms with Crippen molar-refractivity contribution in [2.45, 2.75) is 25.6 Å². The van der Waals surface area contributed by atoms with E-state index in [2.05, 4.69) is 4.98 Å². The van der Waals surface area contributed by atoms with Crippen molar-refractivity contribution < 1.29 is 28.3 Å². The third kappa shape index (κ3) is 5.45. The summed E-state index contributed by atoms with van der Waals surface area (Å²) in [5.74, 6) is 0.0693. The molecule has 0 amide bonds. The summed E-state index contributed by atoms with van der Waals surface area (Å²) in [7, 11) is 0. The van der Waals surface area contributed by atoms with E-state index < -0.39 is 36.8 Å². The SMILES string of the molecule is Cc1nc(N(CCC(F)(F)F)C[C@H](O)CO)ccc1[N+](=O)[O-]. The van der Waals surface area contributed by atoms with Crippen molar-refractivity contribution in [1.82, 2.24) is 4.98 Å². The first-order chi connectivity index (χ1) is 10.1. The van der Waals surface area contributed by atoms with Crippen molar-refractivity contribution in [1.29, 1.82) is 0 Å². The van der Waals surface area contributed by atoms with E-state index in [-0.39, 0.29) is 23.7 Å². The second kappa shape index (κ2) is 7.36. The minimum atomic E-state index is -4.39. The van der Waals surface area contributed by atoms with Gasteiger partial charge in [0, 0.05) is 19.2 Å². The summed E-state index contributed by atoms with van der Waals surface area (Å²) in [5.41, 5.74) is -0.194. The molecule has 0 aromatic carbocycles. The lowest BCUT2D eigenvalue weighted by atomic mass is 10.2. The molecule has 0 radical (unpaired) electrons. The molecule has 0 spiro atoms. The van der Waals surface area contributed by atoms with E-state index in [1.165, 1.54) is 13.0 Å². The van der Waals surface area contributed by atoms with E-state index in [1.807, 2.05) is 0 Å². The van der Waals surface area contributed by atoms with Gasteiger partial charge in [0.1, 0.15) is 11.5 Å². The predicted octanol–water partition coefficient (Wildman–Crippen LogP) is 1.41. The highest BCUT2D eigenvalue weighted by molar-refractivity contribution is 5.46. The van der Waals surface area contributed by atoms with Crippen molar-refractivity contribution >= 4 is 11.5 Å². The second-order valence-electron chi connectivity index (χ2n) is 4.68. The Bertz CT molecular complexity index is 525. The van der Waals surface area contributed by atoms with Crippen molar-refractivity contribution in [2.24, 2.45) is 0 Å². The zero-order chi connectivity index (χ0) is 16.9. The molecule has 0 unspecified atom stereocenters. The number of nitrogens with zero attached hydrogens (tertiary/aromatic N) is 3. The highest BCUT2D eigenvalue weighted by atomic mass is 19.4. The lowest BCUT2D eigenvalue weighted by molar-refractivity contribution is -0.385. The van der Waals surface area contributed by atoms with Crippen LogP contribution in [0, 0.1) is 17.0 Å². The number of pyridine rings is 1. The maximum atomic E-state index is 12.4. The number of anilines is 1. The third-order valence-electron chi connectivity index (χ3n) is 2.87. The van der Waals surface area contributed by atoms with Crippen molar-refractivity contribution in [3.8, 4) is 0 Å². The Balaban J connectivity index is 2.99. The molecule has 1 aromatic heterocycles. The number of hydrogen-bond donors (Lipinski definition) is 2. The molecule has 0 aliphatic heterocycles. The van der Waals surface area contributed by atoms with E-state index in [1.54, 1.807) is 0 Å². The van der Waals surface area contributed by atoms with Crippen LogP contribution in [0.4, 0.5) is 24.7 Å². The quantitative estimate of drug-likeness (QED) is 0.581. The van der Waals surface area contributed by atoms with Crippen LogP contribution in [0.5, 0.6) is 0 Å². The summed E-state index contributed by atoms with van der Waals surface area (Å²) in [6.07, 6.45) is -6.77. The van der Waals surface area contributed by atoms with Crippen LogP contribution in [-0.2, 0) is 0 Å². The molecule has 0 bridgehead atoms. The van der Waals surface area contributed by atoms with Gasteiger partial charge in [0.2, 0.25) is 0 Å². The van der Waals surface area contributed by atoms with Gasteiger partial charge in [-0.1, -0.05) is 0 Å². The number of hydrogen-bond acceptors (Lipinski definition) is 6. The first-order valence-electron chi connectivity index (χ1n) is 6.36. The van der Waals surface area contributed by atoms with Crippen molar-refractivity contribution in [2.75, 3.05) is 24.6 Å². The fourth-order valence-electron chi connectivity index (χ4n) is 1.78. The van der Waals surface area contributed by atoms with Crippen LogP contribution in [0.25, 0.3) is 0 Å². The van der Waals surface area contributed by atoms with E-state index >= 15 is 0 Å². The zero-order valence-electron chi connectivity index (χ0n) is 11.7. The normalized spacial score (nSPS) is 13.0. The first kappa shape index (κ1) is 18.1. The summed E-state index contributed by atoms with van der Waals surface area (Å²) in [5, 5.41) is 29.0. The Kier molecular flexibility index (Phi) is 6.06. The fourth-order valence-corrected chi connectivity index (χ4v) is 1.78. The molecule has 1 heterocycles. The summed E-state index contributed by atoms with van der Waals surface area (Å²) < 4.78 is 37.1. The number of nitro groups is 1. The Morgan fingerprint density at radius 2 is 2.09 bits per heavy atom. The van der Waals surface area contributed by atoms with Crippen LogP contribution < -0.4 is 4.90 Å². The van der Waals surface area contributed by atoms with Crippen molar-refractivity contribution in [3.05, 3.63) is 27.9 Å². The number of aryl methyl sites for hydroxylation is 1. The van der Waals surface area contributed by atoms with E-state index in [4.69, 9.17) is 5.11 Å². The maximum Gasteiger partial charge on any atom is 0.390 e. The minimum Gasteiger partial charge on any atom is -0.394 e. The number of aliphatic hydroxyl groups excluding tert-OH is 2. The number of aliphatic hydroxyl groups is 2. The molecule has 7 nitrogen and oxygen atoms in total. The molecule has 0 saturated carbocycles. The molecule has 1 atom stereocenters. The molecule has 0 fully saturated rings. The van der Waals surface area contributed by atoms with E-state index in [0.717, 1.165) is 11.0 Å². The van der Waals surface area contributed by atoms with Crippen molar-refractivity contribution in [3.63, 3.8) is 0 Å². The molecular weight excluding hydrogens is 307 g/mol. The minimum absolute atomic E-state index is 0.0537. The van der Waals surface area contributed by atoms with Crippen LogP contribution in [0.2, 0.25) is 0 Å². The maximum absolute atomic E-state index is 12.4.